The van der Waals surface area contributed by atoms with E-state index < -0.39 is 30.9 Å². The Morgan fingerprint density at radius 3 is 0.904 bits per heavy atom. The Morgan fingerprint density at radius 1 is 0.333 bits per heavy atom. The Hall–Kier alpha value is -13.7. The van der Waals surface area contributed by atoms with Gasteiger partial charge in [-0.05, 0) is 183 Å². The van der Waals surface area contributed by atoms with Crippen LogP contribution in [0.5, 0.6) is 46.0 Å². The summed E-state index contributed by atoms with van der Waals surface area (Å²) in [5, 5.41) is 30.6. The van der Waals surface area contributed by atoms with Crippen molar-refractivity contribution in [3.05, 3.63) is 344 Å². The van der Waals surface area contributed by atoms with Gasteiger partial charge in [-0.25, -0.2) is 54.3 Å². The molecule has 12 aromatic carbocycles. The van der Waals surface area contributed by atoms with Gasteiger partial charge in [0, 0.05) is 38.2 Å². The Kier molecular flexibility index (Phi) is 29.7. The number of para-hydroxylation sites is 8. The van der Waals surface area contributed by atoms with Crippen LogP contribution in [0.2, 0.25) is 5.15 Å². The summed E-state index contributed by atoms with van der Waals surface area (Å²) in [6.07, 6.45) is 0. The van der Waals surface area contributed by atoms with Crippen molar-refractivity contribution in [3.8, 4) is 79.8 Å². The molecule has 0 unspecified atom stereocenters. The Balaban J connectivity index is 0.000000153. The summed E-state index contributed by atoms with van der Waals surface area (Å²) in [7, 11) is -1.44. The number of nitrogens with two attached hydrogens (primary N) is 1. The van der Waals surface area contributed by atoms with E-state index in [1.54, 1.807) is 56.3 Å². The number of carbonyl (C=O) groups is 4. The standard InChI is InChI=1S/C23H18N2O3.C21H15N3O2.C21H14N2O3.C12H11BO3.C11H9ClN2O2.Na.H2O/c1-2-27-23(26)22-24-20-11-7-6-10-19(20)21(25-22)16-12-14-18(15-13-16)28-17-8-4-3-5-9-17;22-20(25)21-23-18-9-5-4-8-17(18)19(24-21)14-10-12-16(13-11-14)26-15-6-2-1-3-7-15;24-21(25)20-22-18-9-5-4-8-17(18)19(23-20)14-10-12-16(13-11-14)26-15-6-2-1-3-7-15;14-13(15)10-6-8-12(9-7-10)16-11-4-2-1-3-5-11;1-2-16-11(15)10-13-8-6-4-3-5-7(8)9(12)14-10;;/h3-15H,2H2,1H3;1-13H,(H2,22,25);1-13H,(H,24,25);1-9,14-15H;3-6H,2H2,1H3;;1H2/q;;;;;+1;/p-1. The molecule has 0 radical (unpaired) electrons. The average molecular weight is 1540 g/mol. The number of primary amides is 1. The van der Waals surface area contributed by atoms with Gasteiger partial charge in [0.2, 0.25) is 23.3 Å². The van der Waals surface area contributed by atoms with Gasteiger partial charge in [-0.3, -0.25) is 4.79 Å². The van der Waals surface area contributed by atoms with E-state index in [1.165, 1.54) is 0 Å². The second-order valence-electron chi connectivity index (χ2n) is 23.9. The zero-order valence-electron chi connectivity index (χ0n) is 61.4. The number of carboxylic acid groups (broad SMARTS) is 1. The Bertz CT molecular complexity index is 5730. The third-order valence-corrected chi connectivity index (χ3v) is 16.5. The zero-order valence-corrected chi connectivity index (χ0v) is 64.2. The monoisotopic (exact) mass is 1540 g/mol. The number of aromatic carboxylic acids is 1. The molecular formula is C88H68BClN9NaO14. The van der Waals surface area contributed by atoms with Gasteiger partial charge in [-0.1, -0.05) is 163 Å². The minimum absolute atomic E-state index is 0. The molecule has 0 spiro atoms. The first-order chi connectivity index (χ1) is 54.6. The molecule has 114 heavy (non-hydrogen) atoms. The molecule has 0 saturated heterocycles. The third kappa shape index (κ3) is 22.3. The first-order valence-electron chi connectivity index (χ1n) is 34.9. The number of ether oxygens (including phenoxy) is 6. The van der Waals surface area contributed by atoms with E-state index in [4.69, 9.17) is 55.8 Å². The smallest absolute Gasteiger partial charge is 0.870 e. The van der Waals surface area contributed by atoms with Gasteiger partial charge < -0.3 is 54.8 Å². The summed E-state index contributed by atoms with van der Waals surface area (Å²) in [5.41, 5.74) is 12.9. The van der Waals surface area contributed by atoms with E-state index in [0.29, 0.717) is 61.9 Å². The van der Waals surface area contributed by atoms with Gasteiger partial charge in [0.15, 0.2) is 0 Å². The zero-order chi connectivity index (χ0) is 78.1. The maximum Gasteiger partial charge on any atom is 1.00 e. The predicted octanol–water partition coefficient (Wildman–Crippen LogP) is 14.7. The predicted molar refractivity (Wildman–Crippen MR) is 431 cm³/mol. The van der Waals surface area contributed by atoms with Crippen LogP contribution >= 0.6 is 11.6 Å². The number of nitrogens with zero attached hydrogens (tertiary/aromatic N) is 8. The number of fused-ring (bicyclic) bond motifs is 4. The summed E-state index contributed by atoms with van der Waals surface area (Å²) in [6, 6.07) is 96.9. The summed E-state index contributed by atoms with van der Waals surface area (Å²) >= 11 is 5.95. The number of hydrogen-bond acceptors (Lipinski definition) is 21. The molecule has 4 aromatic heterocycles. The molecule has 16 aromatic rings. The summed E-state index contributed by atoms with van der Waals surface area (Å²) in [5.74, 6) is 2.77. The van der Waals surface area contributed by atoms with E-state index in [1.807, 2.05) is 273 Å². The van der Waals surface area contributed by atoms with Gasteiger partial charge in [-0.15, -0.1) is 0 Å². The fourth-order valence-corrected chi connectivity index (χ4v) is 11.2. The number of hydrogen-bond donors (Lipinski definition) is 4. The quantitative estimate of drug-likeness (QED) is 0.0352. The maximum atomic E-state index is 12.2. The molecular weight excluding hydrogens is 1480 g/mol. The number of carboxylic acids is 1. The minimum Gasteiger partial charge on any atom is -0.870 e. The molecule has 0 aliphatic heterocycles. The largest absolute Gasteiger partial charge is 1.00 e. The van der Waals surface area contributed by atoms with Gasteiger partial charge in [0.1, 0.15) is 51.1 Å². The fourth-order valence-electron chi connectivity index (χ4n) is 11.0. The van der Waals surface area contributed by atoms with Crippen LogP contribution in [-0.4, -0.2) is 105 Å². The van der Waals surface area contributed by atoms with Gasteiger partial charge in [0.05, 0.1) is 52.4 Å². The van der Waals surface area contributed by atoms with Gasteiger partial charge in [-0.2, -0.15) is 0 Å². The molecule has 0 aliphatic carbocycles. The molecule has 560 valence electrons. The van der Waals surface area contributed by atoms with E-state index in [2.05, 4.69) is 39.9 Å². The van der Waals surface area contributed by atoms with Crippen molar-refractivity contribution in [2.75, 3.05) is 13.2 Å². The van der Waals surface area contributed by atoms with Crippen LogP contribution < -0.4 is 59.7 Å². The van der Waals surface area contributed by atoms with Crippen molar-refractivity contribution in [2.45, 2.75) is 13.8 Å². The van der Waals surface area contributed by atoms with Gasteiger partial charge >= 0.3 is 54.6 Å². The number of benzene rings is 12. The van der Waals surface area contributed by atoms with Crippen molar-refractivity contribution in [2.24, 2.45) is 5.73 Å². The van der Waals surface area contributed by atoms with Crippen LogP contribution in [0.15, 0.2) is 315 Å². The Morgan fingerprint density at radius 2 is 0.588 bits per heavy atom. The number of aromatic nitrogens is 8. The second kappa shape index (κ2) is 40.8. The number of carbonyl (C=O) groups excluding carboxylic acids is 3. The molecule has 26 heteroatoms. The molecule has 1 amide bonds. The maximum absolute atomic E-state index is 12.2. The molecule has 0 saturated carbocycles. The van der Waals surface area contributed by atoms with E-state index in [-0.39, 0.29) is 76.7 Å². The topological polar surface area (TPSA) is 343 Å². The molecule has 16 rings (SSSR count). The molecule has 0 aliphatic rings. The summed E-state index contributed by atoms with van der Waals surface area (Å²) < 4.78 is 32.9. The Labute approximate surface area is 681 Å². The molecule has 4 heterocycles. The molecule has 0 bridgehead atoms. The number of halogens is 1. The van der Waals surface area contributed by atoms with E-state index >= 15 is 0 Å². The number of amides is 1. The van der Waals surface area contributed by atoms with Crippen LogP contribution in [0.1, 0.15) is 56.3 Å². The summed E-state index contributed by atoms with van der Waals surface area (Å²) in [6.45, 7) is 4.04. The molecule has 0 fully saturated rings. The first kappa shape index (κ1) is 82.8. The fraction of sp³-hybridized carbons (Fsp3) is 0.0455. The van der Waals surface area contributed by atoms with Gasteiger partial charge in [0.25, 0.3) is 5.91 Å². The SMILES string of the molecule is CCOC(=O)c1nc(-c2ccc(Oc3ccccc3)cc2)c2ccccc2n1.CCOC(=O)c1nc(Cl)c2ccccc2n1.NC(=O)c1nc(-c2ccc(Oc3ccccc3)cc2)c2ccccc2n1.O=C(O)c1nc(-c2ccc(Oc3ccccc3)cc2)c2ccccc2n1.OB(O)c1ccc(Oc2ccccc2)cc1.[Na+].[OH-]. The normalized spacial score (nSPS) is 10.3. The molecule has 23 nitrogen and oxygen atoms in total. The number of esters is 2. The van der Waals surface area contributed by atoms with Crippen LogP contribution in [0.4, 0.5) is 0 Å². The van der Waals surface area contributed by atoms with Crippen molar-refractivity contribution < 1.29 is 97.8 Å². The number of rotatable bonds is 18. The molecule has 6 N–H and O–H groups in total. The third-order valence-electron chi connectivity index (χ3n) is 16.2. The molecule has 0 atom stereocenters. The van der Waals surface area contributed by atoms with Crippen molar-refractivity contribution >= 4 is 91.6 Å². The van der Waals surface area contributed by atoms with E-state index in [9.17, 15) is 24.3 Å². The van der Waals surface area contributed by atoms with Crippen molar-refractivity contribution in [1.29, 1.82) is 0 Å². The van der Waals surface area contributed by atoms with Crippen molar-refractivity contribution in [3.63, 3.8) is 0 Å². The average Bonchev–Trinajstić information content (AvgIpc) is 0.793. The van der Waals surface area contributed by atoms with Crippen LogP contribution in [-0.2, 0) is 9.47 Å². The first-order valence-corrected chi connectivity index (χ1v) is 35.3. The van der Waals surface area contributed by atoms with Crippen LogP contribution in [0.25, 0.3) is 77.4 Å². The second-order valence-corrected chi connectivity index (χ2v) is 24.2. The van der Waals surface area contributed by atoms with Crippen LogP contribution in [0.3, 0.4) is 0 Å². The van der Waals surface area contributed by atoms with Crippen LogP contribution in [0, 0.1) is 0 Å². The van der Waals surface area contributed by atoms with Crippen molar-refractivity contribution in [1.82, 2.24) is 39.9 Å². The minimum atomic E-state index is -1.44. The summed E-state index contributed by atoms with van der Waals surface area (Å²) in [4.78, 5) is 80.2. The van der Waals surface area contributed by atoms with E-state index in [0.717, 1.165) is 67.0 Å².